The lowest BCUT2D eigenvalue weighted by Crippen LogP contribution is -2.20. The molecule has 4 heteroatoms. The van der Waals surface area contributed by atoms with Crippen molar-refractivity contribution in [2.75, 3.05) is 13.7 Å². The summed E-state index contributed by atoms with van der Waals surface area (Å²) < 4.78 is 11.9. The zero-order chi connectivity index (χ0) is 12.8. The van der Waals surface area contributed by atoms with E-state index in [4.69, 9.17) is 15.2 Å². The lowest BCUT2D eigenvalue weighted by Gasteiger charge is -2.16. The average Bonchev–Trinajstić information content (AvgIpc) is 2.26. The van der Waals surface area contributed by atoms with Crippen LogP contribution in [0.25, 0.3) is 0 Å². The fraction of sp³-hybridized carbons (Fsp3) is 0.538. The van der Waals surface area contributed by atoms with Crippen molar-refractivity contribution in [3.63, 3.8) is 0 Å². The van der Waals surface area contributed by atoms with Gasteiger partial charge in [0.15, 0.2) is 0 Å². The van der Waals surface area contributed by atoms with Crippen LogP contribution < -0.4 is 10.5 Å². The Morgan fingerprint density at radius 1 is 1.35 bits per heavy atom. The molecule has 2 atom stereocenters. The first kappa shape index (κ1) is 14.5. The summed E-state index contributed by atoms with van der Waals surface area (Å²) in [5, 5.41) is 0. The molecular formula is C13H20BrNO2. The number of rotatable bonds is 6. The van der Waals surface area contributed by atoms with Crippen LogP contribution in [0.3, 0.4) is 0 Å². The minimum Gasteiger partial charge on any atom is -0.491 e. The van der Waals surface area contributed by atoms with Crippen LogP contribution in [0.2, 0.25) is 0 Å². The van der Waals surface area contributed by atoms with Crippen LogP contribution in [0.1, 0.15) is 19.4 Å². The number of benzene rings is 1. The maximum Gasteiger partial charge on any atom is 0.122 e. The summed E-state index contributed by atoms with van der Waals surface area (Å²) >= 11 is 3.46. The number of ether oxygens (including phenoxy) is 2. The molecule has 17 heavy (non-hydrogen) atoms. The van der Waals surface area contributed by atoms with Crippen molar-refractivity contribution in [1.29, 1.82) is 0 Å². The van der Waals surface area contributed by atoms with Gasteiger partial charge in [0.25, 0.3) is 0 Å². The second-order valence-corrected chi connectivity index (χ2v) is 5.21. The van der Waals surface area contributed by atoms with E-state index >= 15 is 0 Å². The molecule has 0 aliphatic heterocycles. The summed E-state index contributed by atoms with van der Waals surface area (Å²) in [7, 11) is 1.68. The highest BCUT2D eigenvalue weighted by atomic mass is 79.9. The summed E-state index contributed by atoms with van der Waals surface area (Å²) in [6, 6.07) is 6.10. The Morgan fingerprint density at radius 2 is 2.06 bits per heavy atom. The predicted molar refractivity (Wildman–Crippen MR) is 73.5 cm³/mol. The SMILES string of the molecule is COC(C)COc1ccc(Br)cc1CC(C)N. The second kappa shape index (κ2) is 6.99. The Hall–Kier alpha value is -0.580. The van der Waals surface area contributed by atoms with E-state index < -0.39 is 0 Å². The molecule has 2 unspecified atom stereocenters. The number of nitrogens with two attached hydrogens (primary N) is 1. The van der Waals surface area contributed by atoms with Gasteiger partial charge in [-0.05, 0) is 44.0 Å². The molecule has 3 nitrogen and oxygen atoms in total. The van der Waals surface area contributed by atoms with Gasteiger partial charge in [-0.25, -0.2) is 0 Å². The van der Waals surface area contributed by atoms with Crippen molar-refractivity contribution in [2.24, 2.45) is 5.73 Å². The van der Waals surface area contributed by atoms with E-state index in [1.165, 1.54) is 0 Å². The van der Waals surface area contributed by atoms with Crippen LogP contribution in [-0.2, 0) is 11.2 Å². The van der Waals surface area contributed by atoms with Crippen LogP contribution in [0.4, 0.5) is 0 Å². The van der Waals surface area contributed by atoms with Gasteiger partial charge in [-0.2, -0.15) is 0 Å². The first-order valence-electron chi connectivity index (χ1n) is 5.72. The molecular weight excluding hydrogens is 282 g/mol. The van der Waals surface area contributed by atoms with E-state index in [1.807, 2.05) is 26.0 Å². The third-order valence-corrected chi connectivity index (χ3v) is 2.93. The van der Waals surface area contributed by atoms with Crippen LogP contribution in [0.5, 0.6) is 5.75 Å². The van der Waals surface area contributed by atoms with Gasteiger partial charge in [0.2, 0.25) is 0 Å². The number of hydrogen-bond acceptors (Lipinski definition) is 3. The van der Waals surface area contributed by atoms with Crippen molar-refractivity contribution in [1.82, 2.24) is 0 Å². The number of hydrogen-bond donors (Lipinski definition) is 1. The zero-order valence-electron chi connectivity index (χ0n) is 10.6. The molecule has 1 aromatic carbocycles. The molecule has 0 aliphatic rings. The van der Waals surface area contributed by atoms with Crippen molar-refractivity contribution in [3.8, 4) is 5.75 Å². The highest BCUT2D eigenvalue weighted by molar-refractivity contribution is 9.10. The summed E-state index contributed by atoms with van der Waals surface area (Å²) in [4.78, 5) is 0. The molecule has 0 fully saturated rings. The van der Waals surface area contributed by atoms with Gasteiger partial charge in [0.05, 0.1) is 6.10 Å². The lowest BCUT2D eigenvalue weighted by atomic mass is 10.1. The summed E-state index contributed by atoms with van der Waals surface area (Å²) in [5.74, 6) is 0.884. The van der Waals surface area contributed by atoms with E-state index in [1.54, 1.807) is 7.11 Å². The minimum absolute atomic E-state index is 0.0850. The molecule has 0 bridgehead atoms. The van der Waals surface area contributed by atoms with E-state index in [0.717, 1.165) is 22.2 Å². The molecule has 1 aromatic rings. The first-order valence-corrected chi connectivity index (χ1v) is 6.51. The summed E-state index contributed by atoms with van der Waals surface area (Å²) in [5.41, 5.74) is 6.95. The van der Waals surface area contributed by atoms with Gasteiger partial charge in [0, 0.05) is 17.6 Å². The molecule has 0 heterocycles. The standard InChI is InChI=1S/C13H20BrNO2/c1-9(15)6-11-7-12(14)4-5-13(11)17-8-10(2)16-3/h4-5,7,9-10H,6,8,15H2,1-3H3. The van der Waals surface area contributed by atoms with E-state index in [0.29, 0.717) is 6.61 Å². The normalized spacial score (nSPS) is 14.4. The van der Waals surface area contributed by atoms with Gasteiger partial charge in [-0.3, -0.25) is 0 Å². The zero-order valence-corrected chi connectivity index (χ0v) is 12.2. The summed E-state index contributed by atoms with van der Waals surface area (Å²) in [6.45, 7) is 4.51. The fourth-order valence-electron chi connectivity index (χ4n) is 1.47. The predicted octanol–water partition coefficient (Wildman–Crippen LogP) is 2.75. The van der Waals surface area contributed by atoms with Gasteiger partial charge < -0.3 is 15.2 Å². The Labute approximate surface area is 111 Å². The van der Waals surface area contributed by atoms with Crippen molar-refractivity contribution >= 4 is 15.9 Å². The third kappa shape index (κ3) is 5.06. The Bertz CT molecular complexity index is 355. The maximum atomic E-state index is 5.83. The first-order chi connectivity index (χ1) is 8.02. The molecule has 0 aliphatic carbocycles. The lowest BCUT2D eigenvalue weighted by molar-refractivity contribution is 0.0713. The van der Waals surface area contributed by atoms with Crippen molar-refractivity contribution < 1.29 is 9.47 Å². The van der Waals surface area contributed by atoms with E-state index in [9.17, 15) is 0 Å². The third-order valence-electron chi connectivity index (χ3n) is 2.44. The smallest absolute Gasteiger partial charge is 0.122 e. The number of halogens is 1. The second-order valence-electron chi connectivity index (χ2n) is 4.29. The van der Waals surface area contributed by atoms with Gasteiger partial charge >= 0.3 is 0 Å². The maximum absolute atomic E-state index is 5.83. The van der Waals surface area contributed by atoms with Crippen LogP contribution in [0, 0.1) is 0 Å². The summed E-state index contributed by atoms with van der Waals surface area (Å²) in [6.07, 6.45) is 0.887. The van der Waals surface area contributed by atoms with Gasteiger partial charge in [0.1, 0.15) is 12.4 Å². The number of methoxy groups -OCH3 is 1. The van der Waals surface area contributed by atoms with Crippen LogP contribution in [0.15, 0.2) is 22.7 Å². The highest BCUT2D eigenvalue weighted by Crippen LogP contribution is 2.24. The Morgan fingerprint density at radius 3 is 2.65 bits per heavy atom. The quantitative estimate of drug-likeness (QED) is 0.879. The van der Waals surface area contributed by atoms with Crippen LogP contribution in [-0.4, -0.2) is 25.9 Å². The molecule has 0 amide bonds. The molecule has 2 N–H and O–H groups in total. The molecule has 0 saturated heterocycles. The van der Waals surface area contributed by atoms with Gasteiger partial charge in [-0.15, -0.1) is 0 Å². The van der Waals surface area contributed by atoms with Crippen molar-refractivity contribution in [2.45, 2.75) is 32.4 Å². The van der Waals surface area contributed by atoms with Crippen LogP contribution >= 0.6 is 15.9 Å². The molecule has 0 saturated carbocycles. The molecule has 0 spiro atoms. The van der Waals surface area contributed by atoms with E-state index in [2.05, 4.69) is 22.0 Å². The van der Waals surface area contributed by atoms with Crippen molar-refractivity contribution in [3.05, 3.63) is 28.2 Å². The topological polar surface area (TPSA) is 44.5 Å². The molecule has 0 aromatic heterocycles. The average molecular weight is 302 g/mol. The minimum atomic E-state index is 0.0850. The van der Waals surface area contributed by atoms with E-state index in [-0.39, 0.29) is 12.1 Å². The largest absolute Gasteiger partial charge is 0.491 e. The molecule has 1 rings (SSSR count). The molecule has 96 valence electrons. The Kier molecular flexibility index (Phi) is 5.95. The Balaban J connectivity index is 2.75. The highest BCUT2D eigenvalue weighted by Gasteiger charge is 2.08. The van der Waals surface area contributed by atoms with Gasteiger partial charge in [-0.1, -0.05) is 15.9 Å². The molecule has 0 radical (unpaired) electrons. The fourth-order valence-corrected chi connectivity index (χ4v) is 1.88. The monoisotopic (exact) mass is 301 g/mol.